The van der Waals surface area contributed by atoms with Crippen LogP contribution in [0.25, 0.3) is 11.1 Å². The third-order valence-electron chi connectivity index (χ3n) is 5.80. The molecule has 0 aliphatic carbocycles. The molecule has 0 unspecified atom stereocenters. The van der Waals surface area contributed by atoms with E-state index >= 15 is 0 Å². The first kappa shape index (κ1) is 20.9. The summed E-state index contributed by atoms with van der Waals surface area (Å²) in [7, 11) is 0. The van der Waals surface area contributed by atoms with Crippen LogP contribution in [0.4, 0.5) is 17.1 Å². The number of hydrogen-bond donors (Lipinski definition) is 0. The summed E-state index contributed by atoms with van der Waals surface area (Å²) in [5.74, 6) is 1.00. The molecule has 0 fully saturated rings. The molecule has 0 heterocycles. The number of nitrogens with zero attached hydrogens (tertiary/aromatic N) is 1. The average Bonchev–Trinajstić information content (AvgIpc) is 2.80. The van der Waals surface area contributed by atoms with E-state index < -0.39 is 0 Å². The largest absolute Gasteiger partial charge is 0.311 e. The lowest BCUT2D eigenvalue weighted by molar-refractivity contribution is 0.792. The van der Waals surface area contributed by atoms with Crippen molar-refractivity contribution in [2.24, 2.45) is 0 Å². The fraction of sp³-hybridized carbons (Fsp3) is 0.200. The molecule has 31 heavy (non-hydrogen) atoms. The summed E-state index contributed by atoms with van der Waals surface area (Å²) < 4.78 is 0. The SMILES string of the molecule is CC(C)c1cccc(-c2ccc(N(c3ccccc3)c3ccccc3)cc2)c1C(C)C. The van der Waals surface area contributed by atoms with Gasteiger partial charge in [-0.25, -0.2) is 0 Å². The van der Waals surface area contributed by atoms with Crippen molar-refractivity contribution < 1.29 is 0 Å². The van der Waals surface area contributed by atoms with Gasteiger partial charge in [-0.2, -0.15) is 0 Å². The quantitative estimate of drug-likeness (QED) is 0.309. The highest BCUT2D eigenvalue weighted by molar-refractivity contribution is 5.79. The standard InChI is InChI=1S/C30H31N/c1-22(2)28-16-11-17-29(30(28)23(3)4)24-18-20-27(21-19-24)31(25-12-7-5-8-13-25)26-14-9-6-10-15-26/h5-23H,1-4H3. The number of hydrogen-bond acceptors (Lipinski definition) is 1. The molecule has 4 rings (SSSR count). The lowest BCUT2D eigenvalue weighted by atomic mass is 9.84. The van der Waals surface area contributed by atoms with E-state index in [9.17, 15) is 0 Å². The van der Waals surface area contributed by atoms with Crippen molar-refractivity contribution in [3.63, 3.8) is 0 Å². The zero-order valence-corrected chi connectivity index (χ0v) is 18.9. The Balaban J connectivity index is 1.78. The third kappa shape index (κ3) is 4.41. The number of benzene rings is 4. The lowest BCUT2D eigenvalue weighted by Gasteiger charge is -2.26. The molecule has 4 aromatic rings. The molecule has 0 saturated carbocycles. The molecule has 0 saturated heterocycles. The van der Waals surface area contributed by atoms with Gasteiger partial charge in [0.15, 0.2) is 0 Å². The van der Waals surface area contributed by atoms with Crippen LogP contribution in [0, 0.1) is 0 Å². The van der Waals surface area contributed by atoms with Gasteiger partial charge in [0.2, 0.25) is 0 Å². The summed E-state index contributed by atoms with van der Waals surface area (Å²) in [6.07, 6.45) is 0. The minimum atomic E-state index is 0.485. The molecule has 0 atom stereocenters. The van der Waals surface area contributed by atoms with Crippen molar-refractivity contribution in [1.29, 1.82) is 0 Å². The summed E-state index contributed by atoms with van der Waals surface area (Å²) >= 11 is 0. The van der Waals surface area contributed by atoms with E-state index in [2.05, 4.69) is 136 Å². The summed E-state index contributed by atoms with van der Waals surface area (Å²) in [6.45, 7) is 9.16. The van der Waals surface area contributed by atoms with Crippen LogP contribution in [0.15, 0.2) is 103 Å². The molecular formula is C30H31N. The molecule has 0 spiro atoms. The normalized spacial score (nSPS) is 11.2. The Hall–Kier alpha value is -3.32. The van der Waals surface area contributed by atoms with Crippen LogP contribution in [-0.2, 0) is 0 Å². The summed E-state index contributed by atoms with van der Waals surface area (Å²) in [6, 6.07) is 36.9. The van der Waals surface area contributed by atoms with Crippen molar-refractivity contribution in [1.82, 2.24) is 0 Å². The number of rotatable bonds is 6. The van der Waals surface area contributed by atoms with Crippen molar-refractivity contribution in [2.75, 3.05) is 4.90 Å². The van der Waals surface area contributed by atoms with Gasteiger partial charge in [-0.15, -0.1) is 0 Å². The predicted molar refractivity (Wildman–Crippen MR) is 135 cm³/mol. The minimum absolute atomic E-state index is 0.485. The second-order valence-corrected chi connectivity index (χ2v) is 8.67. The fourth-order valence-electron chi connectivity index (χ4n) is 4.37. The Labute approximate surface area is 187 Å². The summed E-state index contributed by atoms with van der Waals surface area (Å²) in [4.78, 5) is 2.30. The zero-order valence-electron chi connectivity index (χ0n) is 18.9. The molecule has 1 heteroatoms. The van der Waals surface area contributed by atoms with Gasteiger partial charge in [0.25, 0.3) is 0 Å². The van der Waals surface area contributed by atoms with E-state index in [-0.39, 0.29) is 0 Å². The van der Waals surface area contributed by atoms with Crippen LogP contribution in [0.5, 0.6) is 0 Å². The van der Waals surface area contributed by atoms with Crippen molar-refractivity contribution in [2.45, 2.75) is 39.5 Å². The van der Waals surface area contributed by atoms with E-state index in [1.165, 1.54) is 22.3 Å². The van der Waals surface area contributed by atoms with Crippen LogP contribution in [0.3, 0.4) is 0 Å². The first-order valence-corrected chi connectivity index (χ1v) is 11.2. The maximum Gasteiger partial charge on any atom is 0.0462 e. The van der Waals surface area contributed by atoms with Crippen molar-refractivity contribution >= 4 is 17.1 Å². The molecule has 156 valence electrons. The zero-order chi connectivity index (χ0) is 21.8. The van der Waals surface area contributed by atoms with Crippen LogP contribution in [0.1, 0.15) is 50.7 Å². The number of anilines is 3. The smallest absolute Gasteiger partial charge is 0.0462 e. The van der Waals surface area contributed by atoms with Gasteiger partial charge in [0.1, 0.15) is 0 Å². The molecule has 1 nitrogen and oxygen atoms in total. The van der Waals surface area contributed by atoms with E-state index in [0.29, 0.717) is 11.8 Å². The van der Waals surface area contributed by atoms with Crippen LogP contribution >= 0.6 is 0 Å². The Kier molecular flexibility index (Phi) is 6.23. The summed E-state index contributed by atoms with van der Waals surface area (Å²) in [5.41, 5.74) is 9.01. The van der Waals surface area contributed by atoms with E-state index in [1.807, 2.05) is 0 Å². The lowest BCUT2D eigenvalue weighted by Crippen LogP contribution is -2.09. The van der Waals surface area contributed by atoms with Gasteiger partial charge in [-0.1, -0.05) is 94.4 Å². The Bertz CT molecular complexity index is 1070. The highest BCUT2D eigenvalue weighted by Gasteiger charge is 2.16. The topological polar surface area (TPSA) is 3.24 Å². The van der Waals surface area contributed by atoms with E-state index in [0.717, 1.165) is 17.1 Å². The molecular weight excluding hydrogens is 374 g/mol. The highest BCUT2D eigenvalue weighted by Crippen LogP contribution is 2.38. The van der Waals surface area contributed by atoms with Gasteiger partial charge >= 0.3 is 0 Å². The van der Waals surface area contributed by atoms with Gasteiger partial charge in [0.05, 0.1) is 0 Å². The van der Waals surface area contributed by atoms with Crippen LogP contribution in [0.2, 0.25) is 0 Å². The Morgan fingerprint density at radius 1 is 0.484 bits per heavy atom. The van der Waals surface area contributed by atoms with Gasteiger partial charge in [0, 0.05) is 17.1 Å². The molecule has 0 aliphatic heterocycles. The van der Waals surface area contributed by atoms with Crippen LogP contribution in [-0.4, -0.2) is 0 Å². The molecule has 0 N–H and O–H groups in total. The maximum atomic E-state index is 2.30. The van der Waals surface area contributed by atoms with Gasteiger partial charge in [-0.3, -0.25) is 0 Å². The van der Waals surface area contributed by atoms with Gasteiger partial charge in [-0.05, 0) is 70.5 Å². The predicted octanol–water partition coefficient (Wildman–Crippen LogP) is 9.07. The molecule has 0 aromatic heterocycles. The number of para-hydroxylation sites is 2. The first-order chi connectivity index (χ1) is 15.1. The first-order valence-electron chi connectivity index (χ1n) is 11.2. The molecule has 0 amide bonds. The monoisotopic (exact) mass is 405 g/mol. The highest BCUT2D eigenvalue weighted by atomic mass is 15.1. The molecule has 4 aromatic carbocycles. The minimum Gasteiger partial charge on any atom is -0.311 e. The molecule has 0 radical (unpaired) electrons. The van der Waals surface area contributed by atoms with Crippen molar-refractivity contribution in [3.8, 4) is 11.1 Å². The molecule has 0 aliphatic rings. The Morgan fingerprint density at radius 2 is 1.00 bits per heavy atom. The van der Waals surface area contributed by atoms with E-state index in [1.54, 1.807) is 0 Å². The summed E-state index contributed by atoms with van der Waals surface area (Å²) in [5, 5.41) is 0. The second kappa shape index (κ2) is 9.22. The van der Waals surface area contributed by atoms with Gasteiger partial charge < -0.3 is 4.90 Å². The Morgan fingerprint density at radius 3 is 1.48 bits per heavy atom. The average molecular weight is 406 g/mol. The fourth-order valence-corrected chi connectivity index (χ4v) is 4.37. The van der Waals surface area contributed by atoms with Crippen LogP contribution < -0.4 is 4.90 Å². The van der Waals surface area contributed by atoms with E-state index in [4.69, 9.17) is 0 Å². The van der Waals surface area contributed by atoms with Crippen molar-refractivity contribution in [3.05, 3.63) is 114 Å². The molecule has 0 bridgehead atoms. The maximum absolute atomic E-state index is 2.30. The third-order valence-corrected chi connectivity index (χ3v) is 5.80. The second-order valence-electron chi connectivity index (χ2n) is 8.67.